The zero-order valence-electron chi connectivity index (χ0n) is 14.1. The molecule has 7 heteroatoms. The monoisotopic (exact) mass is 345 g/mol. The number of amides is 3. The molecule has 1 aliphatic carbocycles. The van der Waals surface area contributed by atoms with Crippen LogP contribution in [0.25, 0.3) is 0 Å². The van der Waals surface area contributed by atoms with Crippen molar-refractivity contribution in [1.82, 2.24) is 5.32 Å². The van der Waals surface area contributed by atoms with E-state index < -0.39 is 11.8 Å². The summed E-state index contributed by atoms with van der Waals surface area (Å²) in [7, 11) is 0. The number of nitrogens with zero attached hydrogens (tertiary/aromatic N) is 1. The molecule has 25 heavy (non-hydrogen) atoms. The molecule has 7 nitrogen and oxygen atoms in total. The van der Waals surface area contributed by atoms with E-state index in [0.29, 0.717) is 12.1 Å². The number of benzene rings is 1. The second-order valence-electron chi connectivity index (χ2n) is 6.50. The number of hydrogen-bond donors (Lipinski definition) is 3. The number of aliphatic hydroxyl groups is 1. The van der Waals surface area contributed by atoms with Gasteiger partial charge in [-0.05, 0) is 55.9 Å². The molecule has 3 rings (SSSR count). The number of carbonyl (C=O) groups is 3. The number of hydrogen-bond acceptors (Lipinski definition) is 4. The molecular weight excluding hydrogens is 322 g/mol. The molecule has 0 atom stereocenters. The van der Waals surface area contributed by atoms with E-state index >= 15 is 0 Å². The van der Waals surface area contributed by atoms with E-state index in [1.54, 1.807) is 6.07 Å². The number of fused-ring (bicyclic) bond motifs is 1. The molecule has 0 bridgehead atoms. The van der Waals surface area contributed by atoms with Crippen molar-refractivity contribution in [1.29, 1.82) is 0 Å². The Hall–Kier alpha value is -2.41. The largest absolute Gasteiger partial charge is 0.396 e. The molecule has 0 spiro atoms. The van der Waals surface area contributed by atoms with Gasteiger partial charge in [0, 0.05) is 37.0 Å². The molecule has 0 unspecified atom stereocenters. The Kier molecular flexibility index (Phi) is 5.33. The minimum absolute atomic E-state index is 0.0389. The van der Waals surface area contributed by atoms with Gasteiger partial charge in [-0.1, -0.05) is 0 Å². The lowest BCUT2D eigenvalue weighted by Gasteiger charge is -2.30. The van der Waals surface area contributed by atoms with Gasteiger partial charge in [-0.3, -0.25) is 14.4 Å². The van der Waals surface area contributed by atoms with Crippen LogP contribution in [0, 0.1) is 5.92 Å². The summed E-state index contributed by atoms with van der Waals surface area (Å²) in [5, 5.41) is 13.7. The van der Waals surface area contributed by atoms with E-state index in [2.05, 4.69) is 10.6 Å². The third-order valence-electron chi connectivity index (χ3n) is 4.48. The van der Waals surface area contributed by atoms with Crippen LogP contribution < -0.4 is 15.5 Å². The van der Waals surface area contributed by atoms with E-state index in [4.69, 9.17) is 5.11 Å². The first-order valence-corrected chi connectivity index (χ1v) is 8.74. The number of aryl methyl sites for hydroxylation is 1. The van der Waals surface area contributed by atoms with Crippen molar-refractivity contribution < 1.29 is 19.5 Å². The normalized spacial score (nSPS) is 16.1. The molecule has 1 heterocycles. The van der Waals surface area contributed by atoms with Crippen molar-refractivity contribution in [3.63, 3.8) is 0 Å². The number of rotatable bonds is 5. The molecule has 2 aliphatic rings. The van der Waals surface area contributed by atoms with Gasteiger partial charge in [0.15, 0.2) is 0 Å². The Morgan fingerprint density at radius 3 is 2.72 bits per heavy atom. The Labute approximate surface area is 146 Å². The quantitative estimate of drug-likeness (QED) is 0.543. The van der Waals surface area contributed by atoms with Crippen LogP contribution in [-0.4, -0.2) is 42.5 Å². The summed E-state index contributed by atoms with van der Waals surface area (Å²) in [5.74, 6) is -1.09. The van der Waals surface area contributed by atoms with Gasteiger partial charge < -0.3 is 20.6 Å². The summed E-state index contributed by atoms with van der Waals surface area (Å²) in [4.78, 5) is 37.8. The van der Waals surface area contributed by atoms with Crippen molar-refractivity contribution in [2.75, 3.05) is 29.9 Å². The lowest BCUT2D eigenvalue weighted by atomic mass is 10.0. The van der Waals surface area contributed by atoms with Crippen LogP contribution in [0.5, 0.6) is 0 Å². The maximum atomic E-state index is 12.4. The first-order chi connectivity index (χ1) is 12.1. The van der Waals surface area contributed by atoms with Crippen LogP contribution in [0.4, 0.5) is 11.4 Å². The average molecular weight is 345 g/mol. The van der Waals surface area contributed by atoms with Crippen LogP contribution in [-0.2, 0) is 20.8 Å². The highest BCUT2D eigenvalue weighted by molar-refractivity contribution is 6.39. The van der Waals surface area contributed by atoms with Crippen molar-refractivity contribution in [2.24, 2.45) is 5.92 Å². The third-order valence-corrected chi connectivity index (χ3v) is 4.48. The van der Waals surface area contributed by atoms with Crippen molar-refractivity contribution >= 4 is 29.1 Å². The average Bonchev–Trinajstić information content (AvgIpc) is 3.45. The van der Waals surface area contributed by atoms with Gasteiger partial charge in [0.05, 0.1) is 0 Å². The maximum absolute atomic E-state index is 12.4. The van der Waals surface area contributed by atoms with Crippen molar-refractivity contribution in [2.45, 2.75) is 32.1 Å². The molecule has 1 aliphatic heterocycles. The Bertz CT molecular complexity index is 685. The fourth-order valence-corrected chi connectivity index (χ4v) is 3.00. The smallest absolute Gasteiger partial charge is 0.313 e. The number of aliphatic hydroxyl groups excluding tert-OH is 1. The SMILES string of the molecule is O=C(NCCCO)C(=O)Nc1ccc2c(c1)CCCN2C(=O)C1CC1. The lowest BCUT2D eigenvalue weighted by molar-refractivity contribution is -0.136. The second kappa shape index (κ2) is 7.65. The van der Waals surface area contributed by atoms with Gasteiger partial charge in [0.1, 0.15) is 0 Å². The molecule has 134 valence electrons. The summed E-state index contributed by atoms with van der Waals surface area (Å²) >= 11 is 0. The fraction of sp³-hybridized carbons (Fsp3) is 0.500. The molecule has 3 amide bonds. The van der Waals surface area contributed by atoms with Crippen LogP contribution in [0.15, 0.2) is 18.2 Å². The molecule has 0 radical (unpaired) electrons. The molecule has 1 aromatic carbocycles. The Morgan fingerprint density at radius 1 is 1.20 bits per heavy atom. The van der Waals surface area contributed by atoms with E-state index in [-0.39, 0.29) is 25.0 Å². The maximum Gasteiger partial charge on any atom is 0.313 e. The summed E-state index contributed by atoms with van der Waals surface area (Å²) in [6.07, 6.45) is 4.10. The number of carbonyl (C=O) groups excluding carboxylic acids is 3. The van der Waals surface area contributed by atoms with Crippen molar-refractivity contribution in [3.05, 3.63) is 23.8 Å². The zero-order valence-corrected chi connectivity index (χ0v) is 14.1. The first kappa shape index (κ1) is 17.4. The first-order valence-electron chi connectivity index (χ1n) is 8.74. The minimum Gasteiger partial charge on any atom is -0.396 e. The standard InChI is InChI=1S/C18H23N3O4/c22-10-2-8-19-16(23)17(24)20-14-6-7-15-13(11-14)3-1-9-21(15)18(25)12-4-5-12/h6-7,11-12,22H,1-5,8-10H2,(H,19,23)(H,20,24). The summed E-state index contributed by atoms with van der Waals surface area (Å²) in [5.41, 5.74) is 2.47. The van der Waals surface area contributed by atoms with E-state index in [1.165, 1.54) is 0 Å². The van der Waals surface area contributed by atoms with E-state index in [1.807, 2.05) is 17.0 Å². The van der Waals surface area contributed by atoms with Gasteiger partial charge in [0.2, 0.25) is 5.91 Å². The van der Waals surface area contributed by atoms with Crippen LogP contribution in [0.1, 0.15) is 31.2 Å². The number of nitrogens with one attached hydrogen (secondary N) is 2. The minimum atomic E-state index is -0.736. The summed E-state index contributed by atoms with van der Waals surface area (Å²) < 4.78 is 0. The van der Waals surface area contributed by atoms with Gasteiger partial charge in [0.25, 0.3) is 0 Å². The zero-order chi connectivity index (χ0) is 17.8. The molecule has 1 aromatic rings. The topological polar surface area (TPSA) is 98.7 Å². The van der Waals surface area contributed by atoms with Gasteiger partial charge in [-0.25, -0.2) is 0 Å². The summed E-state index contributed by atoms with van der Waals surface area (Å²) in [6, 6.07) is 5.39. The molecule has 1 fully saturated rings. The third kappa shape index (κ3) is 4.17. The predicted molar refractivity (Wildman–Crippen MR) is 93.2 cm³/mol. The summed E-state index contributed by atoms with van der Waals surface area (Å²) in [6.45, 7) is 0.954. The molecule has 1 saturated carbocycles. The van der Waals surface area contributed by atoms with Gasteiger partial charge in [-0.2, -0.15) is 0 Å². The van der Waals surface area contributed by atoms with Crippen LogP contribution >= 0.6 is 0 Å². The van der Waals surface area contributed by atoms with Crippen LogP contribution in [0.3, 0.4) is 0 Å². The molecular formula is C18H23N3O4. The fourth-order valence-electron chi connectivity index (χ4n) is 3.00. The Morgan fingerprint density at radius 2 is 2.00 bits per heavy atom. The number of anilines is 2. The van der Waals surface area contributed by atoms with Crippen LogP contribution in [0.2, 0.25) is 0 Å². The Balaban J connectivity index is 1.65. The van der Waals surface area contributed by atoms with Gasteiger partial charge in [-0.15, -0.1) is 0 Å². The molecule has 0 saturated heterocycles. The van der Waals surface area contributed by atoms with E-state index in [9.17, 15) is 14.4 Å². The highest BCUT2D eigenvalue weighted by atomic mass is 16.3. The predicted octanol–water partition coefficient (Wildman–Crippen LogP) is 0.813. The van der Waals surface area contributed by atoms with Gasteiger partial charge >= 0.3 is 11.8 Å². The van der Waals surface area contributed by atoms with Crippen molar-refractivity contribution in [3.8, 4) is 0 Å². The highest BCUT2D eigenvalue weighted by Gasteiger charge is 2.35. The lowest BCUT2D eigenvalue weighted by Crippen LogP contribution is -2.37. The second-order valence-corrected chi connectivity index (χ2v) is 6.50. The molecule has 3 N–H and O–H groups in total. The highest BCUT2D eigenvalue weighted by Crippen LogP contribution is 2.36. The van der Waals surface area contributed by atoms with E-state index in [0.717, 1.165) is 43.5 Å². The molecule has 0 aromatic heterocycles.